The smallest absolute Gasteiger partial charge is 0.255 e. The van der Waals surface area contributed by atoms with Gasteiger partial charge in [-0.05, 0) is 46.2 Å². The summed E-state index contributed by atoms with van der Waals surface area (Å²) < 4.78 is 11.3. The number of carbonyl (C=O) groups excluding carboxylic acids is 2. The molecule has 1 aromatic carbocycles. The number of likely N-dealkylation sites (tertiary alicyclic amines) is 1. The third kappa shape index (κ3) is 14.2. The number of aliphatic hydroxyl groups is 1. The molecule has 1 saturated heterocycles. The molecule has 0 radical (unpaired) electrons. The molecule has 0 aromatic heterocycles. The van der Waals surface area contributed by atoms with Gasteiger partial charge >= 0.3 is 0 Å². The fourth-order valence-electron chi connectivity index (χ4n) is 2.57. The summed E-state index contributed by atoms with van der Waals surface area (Å²) in [5.41, 5.74) is 0.852. The molecule has 1 aliphatic heterocycles. The quantitative estimate of drug-likeness (QED) is 0.121. The van der Waals surface area contributed by atoms with E-state index in [2.05, 4.69) is 31.1 Å². The molecule has 0 spiro atoms. The summed E-state index contributed by atoms with van der Waals surface area (Å²) in [5, 5.41) is 14.9. The van der Waals surface area contributed by atoms with Gasteiger partial charge in [0.2, 0.25) is 0 Å². The molecule has 2 rings (SSSR count). The van der Waals surface area contributed by atoms with Crippen molar-refractivity contribution in [1.29, 1.82) is 0 Å². The summed E-state index contributed by atoms with van der Waals surface area (Å²) in [6, 6.07) is 4.84. The van der Waals surface area contributed by atoms with Gasteiger partial charge in [-0.15, -0.1) is 0 Å². The molecule has 1 unspecified atom stereocenters. The molecule has 1 aliphatic rings. The lowest BCUT2D eigenvalue weighted by Crippen LogP contribution is -2.42. The Bertz CT molecular complexity index is 857. The lowest BCUT2D eigenvalue weighted by Gasteiger charge is -2.31. The Labute approximate surface area is 223 Å². The summed E-state index contributed by atoms with van der Waals surface area (Å²) >= 11 is 0. The first-order chi connectivity index (χ1) is 17.8. The predicted octanol–water partition coefficient (Wildman–Crippen LogP) is 4.81. The maximum atomic E-state index is 12.2. The summed E-state index contributed by atoms with van der Waals surface area (Å²) in [6.07, 6.45) is 10.3. The van der Waals surface area contributed by atoms with Gasteiger partial charge in [0.25, 0.3) is 11.8 Å². The third-order valence-corrected chi connectivity index (χ3v) is 5.10. The molecule has 3 N–H and O–H groups in total. The first-order valence-electron chi connectivity index (χ1n) is 13.1. The van der Waals surface area contributed by atoms with Crippen LogP contribution in [0.25, 0.3) is 0 Å². The third-order valence-electron chi connectivity index (χ3n) is 5.10. The minimum absolute atomic E-state index is 0.0642. The van der Waals surface area contributed by atoms with Crippen LogP contribution >= 0.6 is 0 Å². The number of amides is 2. The highest BCUT2D eigenvalue weighted by atomic mass is 16.5. The van der Waals surface area contributed by atoms with Crippen LogP contribution < -0.4 is 20.1 Å². The Hall–Kier alpha value is -3.26. The minimum Gasteiger partial charge on any atom is -0.488 e. The van der Waals surface area contributed by atoms with E-state index in [4.69, 9.17) is 9.47 Å². The van der Waals surface area contributed by atoms with Crippen LogP contribution in [0, 0.1) is 0 Å². The van der Waals surface area contributed by atoms with Gasteiger partial charge < -0.3 is 30.1 Å². The minimum atomic E-state index is -0.420. The molecule has 1 atom stereocenters. The van der Waals surface area contributed by atoms with Gasteiger partial charge in [0.1, 0.15) is 17.6 Å². The number of ether oxygens (including phenoxy) is 2. The van der Waals surface area contributed by atoms with Crippen molar-refractivity contribution in [2.24, 2.45) is 0 Å². The number of hydrogen-bond acceptors (Lipinski definition) is 6. The highest BCUT2D eigenvalue weighted by Gasteiger charge is 2.21. The van der Waals surface area contributed by atoms with E-state index in [-0.39, 0.29) is 25.2 Å². The number of rotatable bonds is 12. The molecule has 1 heterocycles. The van der Waals surface area contributed by atoms with E-state index in [1.54, 1.807) is 36.2 Å². The fourth-order valence-corrected chi connectivity index (χ4v) is 2.57. The van der Waals surface area contributed by atoms with Gasteiger partial charge in [0.15, 0.2) is 6.73 Å². The van der Waals surface area contributed by atoms with E-state index in [9.17, 15) is 14.7 Å². The second-order valence-corrected chi connectivity index (χ2v) is 8.27. The Morgan fingerprint density at radius 3 is 2.19 bits per heavy atom. The van der Waals surface area contributed by atoms with E-state index in [0.29, 0.717) is 29.2 Å². The van der Waals surface area contributed by atoms with E-state index >= 15 is 0 Å². The zero-order valence-corrected chi connectivity index (χ0v) is 23.5. The largest absolute Gasteiger partial charge is 0.488 e. The lowest BCUT2D eigenvalue weighted by molar-refractivity contribution is -0.130. The molecule has 1 aromatic rings. The van der Waals surface area contributed by atoms with Crippen LogP contribution in [-0.2, 0) is 4.79 Å². The maximum absolute atomic E-state index is 12.2. The van der Waals surface area contributed by atoms with Crippen molar-refractivity contribution < 1.29 is 24.2 Å². The topological polar surface area (TPSA) is 100 Å². The number of carbonyl (C=O) groups is 2. The van der Waals surface area contributed by atoms with Crippen LogP contribution in [0.4, 0.5) is 0 Å². The summed E-state index contributed by atoms with van der Waals surface area (Å²) in [6.45, 7) is 17.5. The van der Waals surface area contributed by atoms with Gasteiger partial charge in [-0.1, -0.05) is 51.5 Å². The van der Waals surface area contributed by atoms with Crippen LogP contribution in [0.5, 0.6) is 11.5 Å². The van der Waals surface area contributed by atoms with Crippen LogP contribution in [0.1, 0.15) is 71.2 Å². The number of hydrogen-bond donors (Lipinski definition) is 3. The molecule has 37 heavy (non-hydrogen) atoms. The first kappa shape index (κ1) is 33.7. The van der Waals surface area contributed by atoms with Crippen molar-refractivity contribution in [2.45, 2.75) is 66.9 Å². The normalized spacial score (nSPS) is 13.2. The Balaban J connectivity index is 0.00000142. The van der Waals surface area contributed by atoms with Crippen LogP contribution in [0.2, 0.25) is 0 Å². The SMILES string of the molecule is C/C=C\C.C=C/C(=C\NCOc1cc(OC(C)CO)cc(C(=O)NCC)c1)C(=O)N1CCC1.CCCC. The van der Waals surface area contributed by atoms with Crippen molar-refractivity contribution in [3.63, 3.8) is 0 Å². The number of nitrogens with zero attached hydrogens (tertiary/aromatic N) is 1. The van der Waals surface area contributed by atoms with Crippen molar-refractivity contribution in [3.8, 4) is 11.5 Å². The lowest BCUT2D eigenvalue weighted by atomic mass is 10.1. The average Bonchev–Trinajstić information content (AvgIpc) is 2.87. The van der Waals surface area contributed by atoms with Crippen LogP contribution in [0.3, 0.4) is 0 Å². The average molecular weight is 518 g/mol. The Morgan fingerprint density at radius 1 is 1.11 bits per heavy atom. The Morgan fingerprint density at radius 2 is 1.73 bits per heavy atom. The molecular formula is C29H47N3O5. The molecule has 0 aliphatic carbocycles. The standard InChI is InChI=1S/C21H29N3O5.C4H10.C4H8/c1-4-16(21(27)24-7-6-8-24)12-22-14-28-18-9-17(20(26)23-5-2)10-19(11-18)29-15(3)13-25;2*1-3-4-2/h4,9-12,15,22,25H,1,5-8,13-14H2,2-3H3,(H,23,26);3-4H2,1-2H3;3-4H,1-2H3/b16-12+;;4-3-. The van der Waals surface area contributed by atoms with Crippen molar-refractivity contribution in [3.05, 3.63) is 60.3 Å². The predicted molar refractivity (Wildman–Crippen MR) is 151 cm³/mol. The highest BCUT2D eigenvalue weighted by molar-refractivity contribution is 5.96. The van der Waals surface area contributed by atoms with E-state index in [0.717, 1.165) is 19.5 Å². The number of allylic oxidation sites excluding steroid dienone is 2. The molecule has 8 heteroatoms. The van der Waals surface area contributed by atoms with E-state index in [1.807, 2.05) is 32.9 Å². The molecule has 2 amide bonds. The number of benzene rings is 1. The van der Waals surface area contributed by atoms with Crippen molar-refractivity contribution in [2.75, 3.05) is 33.0 Å². The number of aliphatic hydroxyl groups excluding tert-OH is 1. The molecular weight excluding hydrogens is 470 g/mol. The zero-order valence-electron chi connectivity index (χ0n) is 23.5. The summed E-state index contributed by atoms with van der Waals surface area (Å²) in [7, 11) is 0. The summed E-state index contributed by atoms with van der Waals surface area (Å²) in [4.78, 5) is 26.1. The van der Waals surface area contributed by atoms with Crippen molar-refractivity contribution in [1.82, 2.24) is 15.5 Å². The molecule has 0 saturated carbocycles. The molecule has 8 nitrogen and oxygen atoms in total. The molecule has 1 fully saturated rings. The summed E-state index contributed by atoms with van der Waals surface area (Å²) in [5.74, 6) is 0.525. The molecule has 0 bridgehead atoms. The number of unbranched alkanes of at least 4 members (excludes halogenated alkanes) is 1. The monoisotopic (exact) mass is 517 g/mol. The van der Waals surface area contributed by atoms with Crippen molar-refractivity contribution >= 4 is 11.8 Å². The van der Waals surface area contributed by atoms with Gasteiger partial charge in [0, 0.05) is 37.5 Å². The van der Waals surface area contributed by atoms with E-state index in [1.165, 1.54) is 18.9 Å². The van der Waals surface area contributed by atoms with E-state index < -0.39 is 6.10 Å². The number of nitrogens with one attached hydrogen (secondary N) is 2. The van der Waals surface area contributed by atoms with Gasteiger partial charge in [-0.25, -0.2) is 0 Å². The second-order valence-electron chi connectivity index (χ2n) is 8.27. The van der Waals surface area contributed by atoms with Gasteiger partial charge in [0.05, 0.1) is 12.2 Å². The highest BCUT2D eigenvalue weighted by Crippen LogP contribution is 2.24. The Kier molecular flexibility index (Phi) is 19.0. The fraction of sp³-hybridized carbons (Fsp3) is 0.517. The van der Waals surface area contributed by atoms with Crippen LogP contribution in [0.15, 0.2) is 54.8 Å². The van der Waals surface area contributed by atoms with Gasteiger partial charge in [-0.2, -0.15) is 0 Å². The zero-order chi connectivity index (χ0) is 28.1. The second kappa shape index (κ2) is 20.9. The van der Waals surface area contributed by atoms with Crippen LogP contribution in [-0.4, -0.2) is 60.9 Å². The van der Waals surface area contributed by atoms with Gasteiger partial charge in [-0.3, -0.25) is 9.59 Å². The maximum Gasteiger partial charge on any atom is 0.255 e. The first-order valence-corrected chi connectivity index (χ1v) is 13.1. The molecule has 208 valence electrons.